The van der Waals surface area contributed by atoms with E-state index in [1.807, 2.05) is 0 Å². The second-order valence-corrected chi connectivity index (χ2v) is 5.05. The highest BCUT2D eigenvalue weighted by Crippen LogP contribution is 2.28. The topological polar surface area (TPSA) is 38.9 Å². The van der Waals surface area contributed by atoms with E-state index in [-0.39, 0.29) is 5.38 Å². The Kier molecular flexibility index (Phi) is 6.56. The lowest BCUT2D eigenvalue weighted by Crippen LogP contribution is -2.00. The van der Waals surface area contributed by atoms with E-state index in [0.29, 0.717) is 11.7 Å². The van der Waals surface area contributed by atoms with Crippen LogP contribution in [0.5, 0.6) is 0 Å². The molecular formula is C13H23ClN2O. The molecule has 0 fully saturated rings. The smallest absolute Gasteiger partial charge is 0.229 e. The van der Waals surface area contributed by atoms with Crippen LogP contribution in [0.2, 0.25) is 0 Å². The van der Waals surface area contributed by atoms with Crippen LogP contribution in [0.3, 0.4) is 0 Å². The van der Waals surface area contributed by atoms with Gasteiger partial charge in [-0.25, -0.2) is 0 Å². The molecule has 1 heterocycles. The van der Waals surface area contributed by atoms with E-state index in [9.17, 15) is 0 Å². The first-order chi connectivity index (χ1) is 8.22. The summed E-state index contributed by atoms with van der Waals surface area (Å²) in [6.45, 7) is 6.47. The summed E-state index contributed by atoms with van der Waals surface area (Å²) < 4.78 is 5.35. The van der Waals surface area contributed by atoms with Crippen molar-refractivity contribution < 1.29 is 4.52 Å². The van der Waals surface area contributed by atoms with Gasteiger partial charge in [-0.1, -0.05) is 45.2 Å². The van der Waals surface area contributed by atoms with Gasteiger partial charge in [-0.15, -0.1) is 11.6 Å². The molecule has 0 aliphatic heterocycles. The van der Waals surface area contributed by atoms with Crippen LogP contribution in [0.25, 0.3) is 0 Å². The zero-order valence-electron chi connectivity index (χ0n) is 11.1. The lowest BCUT2D eigenvalue weighted by atomic mass is 9.98. The fourth-order valence-electron chi connectivity index (χ4n) is 2.01. The maximum absolute atomic E-state index is 6.19. The van der Waals surface area contributed by atoms with E-state index in [1.165, 1.54) is 0 Å². The predicted molar refractivity (Wildman–Crippen MR) is 70.4 cm³/mol. The Morgan fingerprint density at radius 2 is 1.65 bits per heavy atom. The Hall–Kier alpha value is -0.570. The number of halogens is 1. The summed E-state index contributed by atoms with van der Waals surface area (Å²) in [7, 11) is 0. The van der Waals surface area contributed by atoms with Gasteiger partial charge >= 0.3 is 0 Å². The van der Waals surface area contributed by atoms with E-state index < -0.39 is 0 Å². The zero-order valence-corrected chi connectivity index (χ0v) is 11.8. The predicted octanol–water partition coefficient (Wildman–Crippen LogP) is 4.83. The van der Waals surface area contributed by atoms with Crippen molar-refractivity contribution in [2.24, 2.45) is 0 Å². The van der Waals surface area contributed by atoms with Crippen LogP contribution in [0.1, 0.15) is 82.3 Å². The second-order valence-electron chi connectivity index (χ2n) is 4.52. The number of alkyl halides is 1. The second kappa shape index (κ2) is 7.70. The highest BCUT2D eigenvalue weighted by Gasteiger charge is 2.20. The summed E-state index contributed by atoms with van der Waals surface area (Å²) in [6.07, 6.45) is 6.42. The summed E-state index contributed by atoms with van der Waals surface area (Å²) in [6, 6.07) is 0. The van der Waals surface area contributed by atoms with Crippen LogP contribution >= 0.6 is 11.6 Å². The van der Waals surface area contributed by atoms with Crippen LogP contribution in [-0.2, 0) is 0 Å². The van der Waals surface area contributed by atoms with Gasteiger partial charge in [0.25, 0.3) is 0 Å². The number of hydrogen-bond donors (Lipinski definition) is 0. The minimum Gasteiger partial charge on any atom is -0.339 e. The fraction of sp³-hybridized carbons (Fsp3) is 0.846. The number of nitrogens with zero attached hydrogens (tertiary/aromatic N) is 2. The molecule has 98 valence electrons. The van der Waals surface area contributed by atoms with Gasteiger partial charge in [0.2, 0.25) is 5.89 Å². The molecule has 17 heavy (non-hydrogen) atoms. The SMILES string of the molecule is CCCC(Cl)c1noc(C(CCC)CCC)n1. The minimum absolute atomic E-state index is 0.110. The summed E-state index contributed by atoms with van der Waals surface area (Å²) in [5.41, 5.74) is 0. The molecule has 0 saturated carbocycles. The molecule has 1 unspecified atom stereocenters. The van der Waals surface area contributed by atoms with Crippen molar-refractivity contribution in [1.82, 2.24) is 10.1 Å². The van der Waals surface area contributed by atoms with Gasteiger partial charge in [0, 0.05) is 5.92 Å². The molecule has 0 radical (unpaired) electrons. The molecule has 1 atom stereocenters. The first-order valence-electron chi connectivity index (χ1n) is 6.70. The molecule has 0 bridgehead atoms. The lowest BCUT2D eigenvalue weighted by Gasteiger charge is -2.09. The van der Waals surface area contributed by atoms with Crippen molar-refractivity contribution in [1.29, 1.82) is 0 Å². The Bertz CT molecular complexity index is 308. The molecule has 0 N–H and O–H groups in total. The van der Waals surface area contributed by atoms with Crippen molar-refractivity contribution in [3.63, 3.8) is 0 Å². The molecule has 4 heteroatoms. The summed E-state index contributed by atoms with van der Waals surface area (Å²) in [5.74, 6) is 1.82. The molecule has 0 aromatic carbocycles. The zero-order chi connectivity index (χ0) is 12.7. The average Bonchev–Trinajstić information content (AvgIpc) is 2.78. The molecule has 3 nitrogen and oxygen atoms in total. The van der Waals surface area contributed by atoms with Gasteiger partial charge in [-0.3, -0.25) is 0 Å². The molecule has 0 spiro atoms. The summed E-state index contributed by atoms with van der Waals surface area (Å²) >= 11 is 6.19. The highest BCUT2D eigenvalue weighted by molar-refractivity contribution is 6.20. The van der Waals surface area contributed by atoms with E-state index in [1.54, 1.807) is 0 Å². The van der Waals surface area contributed by atoms with Gasteiger partial charge in [0.05, 0.1) is 5.38 Å². The molecule has 0 saturated heterocycles. The van der Waals surface area contributed by atoms with E-state index in [2.05, 4.69) is 30.9 Å². The monoisotopic (exact) mass is 258 g/mol. The molecule has 1 aromatic heterocycles. The fourth-order valence-corrected chi connectivity index (χ4v) is 2.32. The first-order valence-corrected chi connectivity index (χ1v) is 7.14. The van der Waals surface area contributed by atoms with Gasteiger partial charge in [0.15, 0.2) is 5.82 Å². The normalized spacial score (nSPS) is 13.2. The van der Waals surface area contributed by atoms with Gasteiger partial charge in [-0.05, 0) is 19.3 Å². The van der Waals surface area contributed by atoms with Crippen LogP contribution in [0.15, 0.2) is 4.52 Å². The Balaban J connectivity index is 2.69. The van der Waals surface area contributed by atoms with Crippen molar-refractivity contribution >= 4 is 11.6 Å². The van der Waals surface area contributed by atoms with E-state index >= 15 is 0 Å². The van der Waals surface area contributed by atoms with E-state index in [0.717, 1.165) is 44.4 Å². The van der Waals surface area contributed by atoms with Crippen molar-refractivity contribution in [3.8, 4) is 0 Å². The third kappa shape index (κ3) is 4.30. The van der Waals surface area contributed by atoms with Crippen molar-refractivity contribution in [2.75, 3.05) is 0 Å². The van der Waals surface area contributed by atoms with E-state index in [4.69, 9.17) is 16.1 Å². The van der Waals surface area contributed by atoms with Crippen molar-refractivity contribution in [3.05, 3.63) is 11.7 Å². The van der Waals surface area contributed by atoms with Crippen LogP contribution < -0.4 is 0 Å². The highest BCUT2D eigenvalue weighted by atomic mass is 35.5. The summed E-state index contributed by atoms with van der Waals surface area (Å²) in [4.78, 5) is 4.46. The van der Waals surface area contributed by atoms with Crippen LogP contribution in [-0.4, -0.2) is 10.1 Å². The Labute approximate surface area is 109 Å². The molecule has 0 amide bonds. The van der Waals surface area contributed by atoms with Crippen LogP contribution in [0.4, 0.5) is 0 Å². The number of hydrogen-bond acceptors (Lipinski definition) is 3. The molecule has 0 aliphatic carbocycles. The average molecular weight is 259 g/mol. The summed E-state index contributed by atoms with van der Waals surface area (Å²) in [5, 5.41) is 3.89. The first kappa shape index (κ1) is 14.5. The molecular weight excluding hydrogens is 236 g/mol. The largest absolute Gasteiger partial charge is 0.339 e. The molecule has 0 aliphatic rings. The van der Waals surface area contributed by atoms with Crippen molar-refractivity contribution in [2.45, 2.75) is 70.6 Å². The third-order valence-corrected chi connectivity index (χ3v) is 3.32. The lowest BCUT2D eigenvalue weighted by molar-refractivity contribution is 0.333. The Morgan fingerprint density at radius 3 is 2.18 bits per heavy atom. The number of rotatable bonds is 8. The van der Waals surface area contributed by atoms with Gasteiger partial charge in [0.1, 0.15) is 0 Å². The Morgan fingerprint density at radius 1 is 1.06 bits per heavy atom. The minimum atomic E-state index is -0.110. The maximum Gasteiger partial charge on any atom is 0.229 e. The molecule has 1 aromatic rings. The quantitative estimate of drug-likeness (QED) is 0.627. The van der Waals surface area contributed by atoms with Gasteiger partial charge in [-0.2, -0.15) is 4.98 Å². The number of aromatic nitrogens is 2. The van der Waals surface area contributed by atoms with Crippen LogP contribution in [0, 0.1) is 0 Å². The maximum atomic E-state index is 6.19. The molecule has 1 rings (SSSR count). The van der Waals surface area contributed by atoms with Gasteiger partial charge < -0.3 is 4.52 Å². The standard InChI is InChI=1S/C13H23ClN2O/c1-4-7-10(8-5-2)13-15-12(16-17-13)11(14)9-6-3/h10-11H,4-9H2,1-3H3. The third-order valence-electron chi connectivity index (χ3n) is 2.90.